The molecule has 274 valence electrons. The molecule has 4 aliphatic rings. The minimum Gasteiger partial charge on any atom is -0.444 e. The normalized spacial score (nSPS) is 27.8. The molecule has 1 saturated carbocycles. The maximum absolute atomic E-state index is 14.4. The van der Waals surface area contributed by atoms with Crippen molar-refractivity contribution in [2.75, 3.05) is 6.54 Å². The molecule has 0 spiro atoms. The summed E-state index contributed by atoms with van der Waals surface area (Å²) in [5.41, 5.74) is 0.809. The number of hydrogen-bond acceptors (Lipinski definition) is 8. The summed E-state index contributed by atoms with van der Waals surface area (Å²) >= 11 is 0. The first-order chi connectivity index (χ1) is 23.5. The van der Waals surface area contributed by atoms with Crippen molar-refractivity contribution in [3.8, 4) is 0 Å². The third kappa shape index (κ3) is 8.93. The van der Waals surface area contributed by atoms with Crippen LogP contribution in [0.5, 0.6) is 0 Å². The first-order valence-corrected chi connectivity index (χ1v) is 17.4. The number of hydrogen-bond donors (Lipinski definition) is 3. The van der Waals surface area contributed by atoms with Crippen LogP contribution < -0.4 is 16.1 Å². The van der Waals surface area contributed by atoms with Gasteiger partial charge in [0.05, 0.1) is 18.7 Å². The first-order valence-electron chi connectivity index (χ1n) is 17.4. The highest BCUT2D eigenvalue weighted by Crippen LogP contribution is 2.45. The number of nitrogens with one attached hydrogen (secondary N) is 3. The smallest absolute Gasteiger partial charge is 0.410 e. The lowest BCUT2D eigenvalue weighted by molar-refractivity contribution is -0.151. The number of carbonyl (C=O) groups is 5. The Morgan fingerprint density at radius 3 is 2.48 bits per heavy atom. The van der Waals surface area contributed by atoms with Gasteiger partial charge in [0.15, 0.2) is 0 Å². The Labute approximate surface area is 292 Å². The minimum atomic E-state index is -1.30. The standard InChI is InChI=1S/C36H50FN5O8/c1-34(2,3)49-32(46)38-27-16-11-9-7-8-10-14-23-18-36(23,31(45)40-50-35(4,5)6)39-29(43)28-17-24(20-42(28)30(27)44)48-33(47)41-19-22-13-12-15-26(37)25(22)21-41/h10,12-15,23-24,27-28H,7-9,11,16-21H2,1-6H3,(H,38,46)(H,39,43)(H,40,45)/b14-10-/t23-,24+,27-,28-,36-/m0/s1. The maximum Gasteiger partial charge on any atom is 0.410 e. The highest BCUT2D eigenvalue weighted by atomic mass is 19.1. The lowest BCUT2D eigenvalue weighted by Crippen LogP contribution is -2.58. The van der Waals surface area contributed by atoms with Crippen LogP contribution in [0.25, 0.3) is 0 Å². The number of allylic oxidation sites excluding steroid dienone is 1. The monoisotopic (exact) mass is 699 g/mol. The molecule has 5 rings (SSSR count). The van der Waals surface area contributed by atoms with Crippen molar-refractivity contribution in [3.05, 3.63) is 47.3 Å². The van der Waals surface area contributed by atoms with Crippen molar-refractivity contribution >= 4 is 29.9 Å². The van der Waals surface area contributed by atoms with Crippen molar-refractivity contribution in [2.45, 2.75) is 135 Å². The fourth-order valence-corrected chi connectivity index (χ4v) is 6.63. The van der Waals surface area contributed by atoms with Crippen LogP contribution in [0, 0.1) is 11.7 Å². The second-order valence-electron chi connectivity index (χ2n) is 15.7. The summed E-state index contributed by atoms with van der Waals surface area (Å²) in [4.78, 5) is 76.4. The molecule has 1 saturated heterocycles. The van der Waals surface area contributed by atoms with Gasteiger partial charge in [-0.2, -0.15) is 0 Å². The zero-order chi connectivity index (χ0) is 36.4. The molecular formula is C36H50FN5O8. The third-order valence-electron chi connectivity index (χ3n) is 9.24. The number of hydroxylamine groups is 1. The molecule has 3 heterocycles. The van der Waals surface area contributed by atoms with E-state index in [4.69, 9.17) is 14.3 Å². The quantitative estimate of drug-likeness (QED) is 0.309. The third-order valence-corrected chi connectivity index (χ3v) is 9.24. The Morgan fingerprint density at radius 1 is 1.02 bits per heavy atom. The van der Waals surface area contributed by atoms with Gasteiger partial charge in [0.25, 0.3) is 5.91 Å². The molecule has 0 radical (unpaired) electrons. The summed E-state index contributed by atoms with van der Waals surface area (Å²) in [6, 6.07) is 2.53. The largest absolute Gasteiger partial charge is 0.444 e. The molecule has 1 aromatic carbocycles. The summed E-state index contributed by atoms with van der Waals surface area (Å²) in [5.74, 6) is -2.34. The predicted molar refractivity (Wildman–Crippen MR) is 179 cm³/mol. The molecule has 3 N–H and O–H groups in total. The number of halogens is 1. The molecule has 13 nitrogen and oxygen atoms in total. The van der Waals surface area contributed by atoms with E-state index < -0.39 is 70.7 Å². The second-order valence-corrected chi connectivity index (χ2v) is 15.7. The van der Waals surface area contributed by atoms with Crippen LogP contribution in [-0.4, -0.2) is 81.2 Å². The fourth-order valence-electron chi connectivity index (χ4n) is 6.63. The zero-order valence-corrected chi connectivity index (χ0v) is 29.8. The van der Waals surface area contributed by atoms with E-state index >= 15 is 0 Å². The Hall–Kier alpha value is -4.20. The number of amides is 5. The highest BCUT2D eigenvalue weighted by molar-refractivity contribution is 5.98. The van der Waals surface area contributed by atoms with Gasteiger partial charge in [-0.05, 0) is 78.9 Å². The number of benzene rings is 1. The summed E-state index contributed by atoms with van der Waals surface area (Å²) < 4.78 is 25.7. The lowest BCUT2D eigenvalue weighted by atomic mass is 10.0. The predicted octanol–water partition coefficient (Wildman–Crippen LogP) is 4.38. The Kier molecular flexibility index (Phi) is 10.8. The van der Waals surface area contributed by atoms with Crippen LogP contribution in [0.4, 0.5) is 14.0 Å². The van der Waals surface area contributed by atoms with Crippen LogP contribution in [0.3, 0.4) is 0 Å². The molecule has 0 bridgehead atoms. The maximum atomic E-state index is 14.4. The van der Waals surface area contributed by atoms with Gasteiger partial charge in [0.1, 0.15) is 35.1 Å². The summed E-state index contributed by atoms with van der Waals surface area (Å²) in [7, 11) is 0. The van der Waals surface area contributed by atoms with Crippen LogP contribution in [0.2, 0.25) is 0 Å². The molecule has 3 aliphatic heterocycles. The lowest BCUT2D eigenvalue weighted by Gasteiger charge is -2.30. The van der Waals surface area contributed by atoms with Gasteiger partial charge < -0.3 is 25.0 Å². The van der Waals surface area contributed by atoms with Gasteiger partial charge in [0, 0.05) is 24.4 Å². The molecule has 0 aromatic heterocycles. The average molecular weight is 700 g/mol. The van der Waals surface area contributed by atoms with E-state index in [0.717, 1.165) is 19.3 Å². The van der Waals surface area contributed by atoms with Crippen molar-refractivity contribution in [2.24, 2.45) is 5.92 Å². The highest BCUT2D eigenvalue weighted by Gasteiger charge is 2.61. The van der Waals surface area contributed by atoms with E-state index in [-0.39, 0.29) is 32.0 Å². The molecule has 0 unspecified atom stereocenters. The average Bonchev–Trinajstić information content (AvgIpc) is 3.32. The van der Waals surface area contributed by atoms with Crippen LogP contribution in [-0.2, 0) is 41.8 Å². The number of carbonyl (C=O) groups excluding carboxylic acids is 5. The van der Waals surface area contributed by atoms with Gasteiger partial charge >= 0.3 is 12.2 Å². The summed E-state index contributed by atoms with van der Waals surface area (Å²) in [6.07, 6.45) is 5.13. The summed E-state index contributed by atoms with van der Waals surface area (Å²) in [5, 5.41) is 5.62. The van der Waals surface area contributed by atoms with E-state index in [0.29, 0.717) is 30.4 Å². The number of rotatable bonds is 4. The molecular weight excluding hydrogens is 649 g/mol. The van der Waals surface area contributed by atoms with Crippen molar-refractivity contribution in [1.82, 2.24) is 25.9 Å². The Balaban J connectivity index is 1.39. The molecule has 1 aliphatic carbocycles. The topological polar surface area (TPSA) is 156 Å². The summed E-state index contributed by atoms with van der Waals surface area (Å²) in [6.45, 7) is 10.6. The minimum absolute atomic E-state index is 0.0329. The van der Waals surface area contributed by atoms with Gasteiger partial charge in [-0.1, -0.05) is 37.1 Å². The second kappa shape index (κ2) is 14.6. The molecule has 5 amide bonds. The van der Waals surface area contributed by atoms with Gasteiger partial charge in [-0.25, -0.2) is 19.5 Å². The van der Waals surface area contributed by atoms with Crippen molar-refractivity contribution in [1.29, 1.82) is 0 Å². The molecule has 2 fully saturated rings. The van der Waals surface area contributed by atoms with Gasteiger partial charge in [-0.15, -0.1) is 0 Å². The number of nitrogens with zero attached hydrogens (tertiary/aromatic N) is 2. The van der Waals surface area contributed by atoms with E-state index in [2.05, 4.69) is 16.1 Å². The van der Waals surface area contributed by atoms with E-state index in [9.17, 15) is 28.4 Å². The van der Waals surface area contributed by atoms with Crippen LogP contribution >= 0.6 is 0 Å². The number of alkyl carbamates (subject to hydrolysis) is 1. The van der Waals surface area contributed by atoms with Gasteiger partial charge in [-0.3, -0.25) is 24.1 Å². The SMILES string of the molecule is CC(C)(C)ONC(=O)[C@]12C[C@@H]1/C=C\CCCCC[C@H](NC(=O)OC(C)(C)C)C(=O)N1C[C@H](OC(=O)N3Cc4cccc(F)c4C3)C[C@H]1C(=O)N2. The molecule has 50 heavy (non-hydrogen) atoms. The van der Waals surface area contributed by atoms with Crippen molar-refractivity contribution < 1.29 is 42.7 Å². The molecule has 1 aromatic rings. The molecule has 14 heteroatoms. The van der Waals surface area contributed by atoms with E-state index in [1.807, 2.05) is 12.2 Å². The number of fused-ring (bicyclic) bond motifs is 3. The number of ether oxygens (including phenoxy) is 2. The van der Waals surface area contributed by atoms with Gasteiger partial charge in [0.2, 0.25) is 11.8 Å². The Morgan fingerprint density at radius 2 is 1.78 bits per heavy atom. The van der Waals surface area contributed by atoms with E-state index in [1.54, 1.807) is 53.7 Å². The zero-order valence-electron chi connectivity index (χ0n) is 29.8. The van der Waals surface area contributed by atoms with Crippen LogP contribution in [0.15, 0.2) is 30.4 Å². The van der Waals surface area contributed by atoms with Crippen LogP contribution in [0.1, 0.15) is 97.6 Å². The first kappa shape index (κ1) is 37.1. The van der Waals surface area contributed by atoms with Crippen molar-refractivity contribution in [3.63, 3.8) is 0 Å². The van der Waals surface area contributed by atoms with E-state index in [1.165, 1.54) is 15.9 Å². The fraction of sp³-hybridized carbons (Fsp3) is 0.639. The molecule has 5 atom stereocenters. The Bertz CT molecular complexity index is 1520.